The van der Waals surface area contributed by atoms with Crippen LogP contribution in [0, 0.1) is 0 Å². The number of aliphatic hydroxyl groups is 1. The third kappa shape index (κ3) is 6.89. The molecule has 0 aromatic carbocycles. The average molecular weight is 381 g/mol. The molecule has 1 aromatic heterocycles. The van der Waals surface area contributed by atoms with Gasteiger partial charge in [-0.1, -0.05) is 12.5 Å². The molecule has 0 aliphatic carbocycles. The molecular formula is C20H36N4OS. The molecule has 2 rings (SSSR count). The van der Waals surface area contributed by atoms with Gasteiger partial charge in [-0.3, -0.25) is 0 Å². The minimum absolute atomic E-state index is 0.355. The van der Waals surface area contributed by atoms with Gasteiger partial charge in [0.2, 0.25) is 0 Å². The molecule has 148 valence electrons. The zero-order valence-corrected chi connectivity index (χ0v) is 17.4. The molecule has 0 bridgehead atoms. The summed E-state index contributed by atoms with van der Waals surface area (Å²) >= 11 is 1.57. The van der Waals surface area contributed by atoms with E-state index in [1.807, 2.05) is 24.4 Å². The predicted octanol–water partition coefficient (Wildman–Crippen LogP) is 3.17. The van der Waals surface area contributed by atoms with Crippen LogP contribution in [0.5, 0.6) is 0 Å². The largest absolute Gasteiger partial charge is 0.383 e. The Bertz CT molecular complexity index is 530. The summed E-state index contributed by atoms with van der Waals surface area (Å²) < 4.78 is 0. The Labute approximate surface area is 162 Å². The van der Waals surface area contributed by atoms with Gasteiger partial charge in [0.1, 0.15) is 5.60 Å². The summed E-state index contributed by atoms with van der Waals surface area (Å²) in [5.41, 5.74) is -0.916. The lowest BCUT2D eigenvalue weighted by Crippen LogP contribution is -2.40. The molecule has 1 saturated heterocycles. The summed E-state index contributed by atoms with van der Waals surface area (Å²) in [5, 5.41) is 19.3. The Hall–Kier alpha value is -1.11. The second-order valence-electron chi connectivity index (χ2n) is 7.46. The normalized spacial score (nSPS) is 21.4. The molecule has 3 N–H and O–H groups in total. The van der Waals surface area contributed by atoms with Gasteiger partial charge in [0.25, 0.3) is 0 Å². The topological polar surface area (TPSA) is 59.9 Å². The lowest BCUT2D eigenvalue weighted by molar-refractivity contribution is 0.0711. The van der Waals surface area contributed by atoms with E-state index in [1.54, 1.807) is 11.3 Å². The summed E-state index contributed by atoms with van der Waals surface area (Å²) in [5.74, 6) is 0.788. The molecule has 0 spiro atoms. The van der Waals surface area contributed by atoms with Crippen molar-refractivity contribution >= 4 is 17.3 Å². The van der Waals surface area contributed by atoms with Crippen molar-refractivity contribution in [2.75, 3.05) is 32.7 Å². The van der Waals surface area contributed by atoms with Crippen molar-refractivity contribution in [3.63, 3.8) is 0 Å². The molecule has 2 atom stereocenters. The van der Waals surface area contributed by atoms with E-state index >= 15 is 0 Å². The van der Waals surface area contributed by atoms with E-state index in [2.05, 4.69) is 34.4 Å². The summed E-state index contributed by atoms with van der Waals surface area (Å²) in [4.78, 5) is 8.16. The van der Waals surface area contributed by atoms with Crippen molar-refractivity contribution in [2.45, 2.75) is 64.5 Å². The molecule has 0 radical (unpaired) electrons. The van der Waals surface area contributed by atoms with Crippen molar-refractivity contribution in [3.05, 3.63) is 22.4 Å². The molecule has 2 unspecified atom stereocenters. The predicted molar refractivity (Wildman–Crippen MR) is 112 cm³/mol. The van der Waals surface area contributed by atoms with Crippen LogP contribution < -0.4 is 10.6 Å². The zero-order chi connectivity index (χ0) is 18.8. The van der Waals surface area contributed by atoms with Crippen molar-refractivity contribution in [2.24, 2.45) is 4.99 Å². The van der Waals surface area contributed by atoms with Crippen LogP contribution in [0.4, 0.5) is 0 Å². The van der Waals surface area contributed by atoms with Gasteiger partial charge in [-0.05, 0) is 71.0 Å². The standard InChI is InChI=1S/C20H36N4OS/c1-4-21-19(23-16-20(3,25)18-11-9-15-26-18)22-12-6-8-14-24-13-7-5-10-17(24)2/h9,11,15,17,25H,4-8,10,12-14,16H2,1-3H3,(H2,21,22,23). The van der Waals surface area contributed by atoms with Crippen LogP contribution in [0.15, 0.2) is 22.5 Å². The van der Waals surface area contributed by atoms with Crippen molar-refractivity contribution in [1.29, 1.82) is 0 Å². The van der Waals surface area contributed by atoms with Crippen LogP contribution in [0.3, 0.4) is 0 Å². The Morgan fingerprint density at radius 2 is 2.23 bits per heavy atom. The van der Waals surface area contributed by atoms with Crippen LogP contribution in [-0.2, 0) is 5.60 Å². The fourth-order valence-electron chi connectivity index (χ4n) is 3.37. The Morgan fingerprint density at radius 1 is 1.38 bits per heavy atom. The smallest absolute Gasteiger partial charge is 0.191 e. The second-order valence-corrected chi connectivity index (χ2v) is 8.41. The van der Waals surface area contributed by atoms with Crippen molar-refractivity contribution in [3.8, 4) is 0 Å². The fourth-order valence-corrected chi connectivity index (χ4v) is 4.15. The number of thiophene rings is 1. The quantitative estimate of drug-likeness (QED) is 0.350. The number of unbranched alkanes of at least 4 members (excludes halogenated alkanes) is 1. The summed E-state index contributed by atoms with van der Waals surface area (Å²) in [6.07, 6.45) is 6.43. The molecule has 26 heavy (non-hydrogen) atoms. The third-order valence-corrected chi connectivity index (χ3v) is 6.17. The number of guanidine groups is 1. The first-order chi connectivity index (χ1) is 12.5. The van der Waals surface area contributed by atoms with Crippen molar-refractivity contribution < 1.29 is 5.11 Å². The van der Waals surface area contributed by atoms with Gasteiger partial charge < -0.3 is 20.6 Å². The number of nitrogens with one attached hydrogen (secondary N) is 2. The maximum Gasteiger partial charge on any atom is 0.191 e. The third-order valence-electron chi connectivity index (χ3n) is 5.05. The zero-order valence-electron chi connectivity index (χ0n) is 16.6. The van der Waals surface area contributed by atoms with Gasteiger partial charge in [0, 0.05) is 24.0 Å². The summed E-state index contributed by atoms with van der Waals surface area (Å²) in [6.45, 7) is 10.8. The molecule has 6 heteroatoms. The average Bonchev–Trinajstić information content (AvgIpc) is 3.16. The monoisotopic (exact) mass is 380 g/mol. The maximum absolute atomic E-state index is 10.6. The highest BCUT2D eigenvalue weighted by molar-refractivity contribution is 7.10. The SMILES string of the molecule is CCNC(=NCC(C)(O)c1cccs1)NCCCCN1CCCCC1C. The van der Waals surface area contributed by atoms with Gasteiger partial charge in [-0.15, -0.1) is 11.3 Å². The Balaban J connectivity index is 1.71. The van der Waals surface area contributed by atoms with Crippen LogP contribution in [0.2, 0.25) is 0 Å². The van der Waals surface area contributed by atoms with Crippen LogP contribution in [0.1, 0.15) is 57.8 Å². The number of hydrogen-bond acceptors (Lipinski definition) is 4. The van der Waals surface area contributed by atoms with Crippen LogP contribution in [0.25, 0.3) is 0 Å². The summed E-state index contributed by atoms with van der Waals surface area (Å²) in [7, 11) is 0. The van der Waals surface area contributed by atoms with Gasteiger partial charge in [-0.2, -0.15) is 0 Å². The highest BCUT2D eigenvalue weighted by atomic mass is 32.1. The van der Waals surface area contributed by atoms with Gasteiger partial charge in [0.05, 0.1) is 6.54 Å². The fraction of sp³-hybridized carbons (Fsp3) is 0.750. The van der Waals surface area contributed by atoms with Crippen LogP contribution >= 0.6 is 11.3 Å². The molecule has 1 aliphatic heterocycles. The number of rotatable bonds is 9. The molecule has 1 fully saturated rings. The first-order valence-electron chi connectivity index (χ1n) is 10.1. The molecule has 5 nitrogen and oxygen atoms in total. The molecular weight excluding hydrogens is 344 g/mol. The first-order valence-corrected chi connectivity index (χ1v) is 10.9. The number of likely N-dealkylation sites (tertiary alicyclic amines) is 1. The van der Waals surface area contributed by atoms with Crippen molar-refractivity contribution in [1.82, 2.24) is 15.5 Å². The Morgan fingerprint density at radius 3 is 2.92 bits per heavy atom. The van der Waals surface area contributed by atoms with E-state index in [9.17, 15) is 5.11 Å². The molecule has 0 amide bonds. The lowest BCUT2D eigenvalue weighted by Gasteiger charge is -2.33. The van der Waals surface area contributed by atoms with Gasteiger partial charge in [0.15, 0.2) is 5.96 Å². The number of nitrogens with zero attached hydrogens (tertiary/aromatic N) is 2. The minimum atomic E-state index is -0.916. The van der Waals surface area contributed by atoms with Gasteiger partial charge in [-0.25, -0.2) is 4.99 Å². The minimum Gasteiger partial charge on any atom is -0.383 e. The van der Waals surface area contributed by atoms with E-state index in [1.165, 1.54) is 38.8 Å². The number of hydrogen-bond donors (Lipinski definition) is 3. The van der Waals surface area contributed by atoms with Crippen LogP contribution in [-0.4, -0.2) is 54.7 Å². The number of aliphatic imine (C=N–C) groups is 1. The van der Waals surface area contributed by atoms with E-state index < -0.39 is 5.60 Å². The highest BCUT2D eigenvalue weighted by Gasteiger charge is 2.24. The van der Waals surface area contributed by atoms with E-state index in [0.29, 0.717) is 6.54 Å². The molecule has 0 saturated carbocycles. The molecule has 1 aliphatic rings. The summed E-state index contributed by atoms with van der Waals surface area (Å²) in [6, 6.07) is 4.67. The number of piperidine rings is 1. The second kappa shape index (κ2) is 10.9. The van der Waals surface area contributed by atoms with E-state index in [4.69, 9.17) is 0 Å². The van der Waals surface area contributed by atoms with Gasteiger partial charge >= 0.3 is 0 Å². The van der Waals surface area contributed by atoms with E-state index in [0.717, 1.165) is 36.4 Å². The lowest BCUT2D eigenvalue weighted by atomic mass is 10.0. The Kier molecular flexibility index (Phi) is 8.88. The first kappa shape index (κ1) is 21.2. The van der Waals surface area contributed by atoms with E-state index in [-0.39, 0.29) is 0 Å². The molecule has 2 heterocycles. The maximum atomic E-state index is 10.6. The highest BCUT2D eigenvalue weighted by Crippen LogP contribution is 2.25. The molecule has 1 aromatic rings.